The Labute approximate surface area is 135 Å². The molecular formula is C18H24B2N2. The molecule has 1 heterocycles. The maximum absolute atomic E-state index is 2.34. The van der Waals surface area contributed by atoms with E-state index >= 15 is 0 Å². The predicted molar refractivity (Wildman–Crippen MR) is 103 cm³/mol. The first kappa shape index (κ1) is 15.1. The molecule has 0 radical (unpaired) electrons. The molecule has 1 aliphatic heterocycles. The van der Waals surface area contributed by atoms with Crippen LogP contribution in [0.4, 0.5) is 22.7 Å². The van der Waals surface area contributed by atoms with Crippen LogP contribution in [-0.2, 0) is 0 Å². The van der Waals surface area contributed by atoms with Gasteiger partial charge in [0.15, 0.2) is 13.4 Å². The monoisotopic (exact) mass is 290 g/mol. The van der Waals surface area contributed by atoms with Crippen LogP contribution in [-0.4, -0.2) is 27.5 Å². The molecule has 0 aromatic heterocycles. The van der Waals surface area contributed by atoms with Crippen LogP contribution in [0.15, 0.2) is 36.4 Å². The summed E-state index contributed by atoms with van der Waals surface area (Å²) in [6.45, 7) is 10.1. The third-order valence-electron chi connectivity index (χ3n) is 4.78. The van der Waals surface area contributed by atoms with Gasteiger partial charge in [0.05, 0.1) is 22.7 Å². The molecule has 1 aliphatic rings. The first-order valence-corrected chi connectivity index (χ1v) is 8.15. The van der Waals surface area contributed by atoms with Crippen molar-refractivity contribution in [2.45, 2.75) is 27.3 Å². The highest BCUT2D eigenvalue weighted by atomic mass is 15.2. The van der Waals surface area contributed by atoms with Crippen LogP contribution < -0.4 is 20.7 Å². The second kappa shape index (κ2) is 5.42. The lowest BCUT2D eigenvalue weighted by atomic mass is 9.49. The van der Waals surface area contributed by atoms with Gasteiger partial charge in [0.2, 0.25) is 0 Å². The van der Waals surface area contributed by atoms with Crippen molar-refractivity contribution < 1.29 is 0 Å². The third-order valence-corrected chi connectivity index (χ3v) is 4.78. The highest BCUT2D eigenvalue weighted by Gasteiger charge is 2.25. The van der Waals surface area contributed by atoms with Crippen LogP contribution in [0.3, 0.4) is 0 Å². The number of hydrogen-bond acceptors (Lipinski definition) is 2. The SMILES string of the molecule is CB(C)c1ccc2c(c1)N(C)c1cc(B(C)C)ccc1N2C. The summed E-state index contributed by atoms with van der Waals surface area (Å²) in [6, 6.07) is 13.7. The van der Waals surface area contributed by atoms with E-state index in [0.29, 0.717) is 13.4 Å². The summed E-state index contributed by atoms with van der Waals surface area (Å²) in [6.07, 6.45) is 0. The molecule has 2 nitrogen and oxygen atoms in total. The van der Waals surface area contributed by atoms with Crippen molar-refractivity contribution in [3.05, 3.63) is 36.4 Å². The fraction of sp³-hybridized carbons (Fsp3) is 0.333. The minimum atomic E-state index is 0.549. The molecule has 0 amide bonds. The van der Waals surface area contributed by atoms with E-state index < -0.39 is 0 Å². The van der Waals surface area contributed by atoms with Crippen LogP contribution in [0.25, 0.3) is 0 Å². The van der Waals surface area contributed by atoms with Crippen molar-refractivity contribution in [2.24, 2.45) is 0 Å². The summed E-state index contributed by atoms with van der Waals surface area (Å²) in [5, 5.41) is 0. The van der Waals surface area contributed by atoms with Gasteiger partial charge in [-0.25, -0.2) is 0 Å². The van der Waals surface area contributed by atoms with Gasteiger partial charge in [-0.05, 0) is 24.3 Å². The Morgan fingerprint density at radius 1 is 0.591 bits per heavy atom. The molecule has 0 spiro atoms. The second-order valence-electron chi connectivity index (χ2n) is 6.92. The largest absolute Gasteiger partial charge is 0.341 e. The molecule has 0 atom stereocenters. The van der Waals surface area contributed by atoms with Crippen molar-refractivity contribution in [1.29, 1.82) is 0 Å². The molecule has 22 heavy (non-hydrogen) atoms. The summed E-state index contributed by atoms with van der Waals surface area (Å²) in [7, 11) is 4.34. The minimum absolute atomic E-state index is 0.549. The fourth-order valence-electron chi connectivity index (χ4n) is 3.16. The molecule has 0 saturated heterocycles. The number of hydrogen-bond donors (Lipinski definition) is 0. The normalized spacial score (nSPS) is 12.8. The minimum Gasteiger partial charge on any atom is -0.341 e. The number of anilines is 4. The van der Waals surface area contributed by atoms with Crippen LogP contribution in [0.1, 0.15) is 0 Å². The molecule has 3 rings (SSSR count). The van der Waals surface area contributed by atoms with Crippen molar-refractivity contribution in [3.63, 3.8) is 0 Å². The average molecular weight is 290 g/mol. The van der Waals surface area contributed by atoms with Gasteiger partial charge in [-0.3, -0.25) is 0 Å². The summed E-state index contributed by atoms with van der Waals surface area (Å²) in [4.78, 5) is 4.64. The highest BCUT2D eigenvalue weighted by Crippen LogP contribution is 2.45. The first-order chi connectivity index (χ1) is 10.4. The van der Waals surface area contributed by atoms with E-state index in [1.807, 2.05) is 0 Å². The van der Waals surface area contributed by atoms with Gasteiger partial charge in [-0.15, -0.1) is 0 Å². The zero-order valence-corrected chi connectivity index (χ0v) is 14.5. The van der Waals surface area contributed by atoms with Crippen molar-refractivity contribution in [2.75, 3.05) is 23.9 Å². The van der Waals surface area contributed by atoms with Gasteiger partial charge in [0.25, 0.3) is 0 Å². The first-order valence-electron chi connectivity index (χ1n) is 8.15. The lowest BCUT2D eigenvalue weighted by molar-refractivity contribution is 1.10. The molecular weight excluding hydrogens is 266 g/mol. The lowest BCUT2D eigenvalue weighted by Gasteiger charge is -2.37. The Balaban J connectivity index is 2.14. The standard InChI is InChI=1S/C18H24B2N2/c1-19(2)13-7-9-15-17(11-13)22(6)18-12-14(20(3)4)8-10-16(18)21(15)5/h7-12H,1-6H3. The van der Waals surface area contributed by atoms with E-state index in [4.69, 9.17) is 0 Å². The lowest BCUT2D eigenvalue weighted by Crippen LogP contribution is -2.31. The molecule has 112 valence electrons. The zero-order chi connectivity index (χ0) is 16.0. The molecule has 0 saturated carbocycles. The number of fused-ring (bicyclic) bond motifs is 2. The Morgan fingerprint density at radius 3 is 1.32 bits per heavy atom. The molecule has 2 aromatic carbocycles. The topological polar surface area (TPSA) is 6.48 Å². The van der Waals surface area contributed by atoms with Crippen LogP contribution in [0, 0.1) is 0 Å². The highest BCUT2D eigenvalue weighted by molar-refractivity contribution is 6.71. The van der Waals surface area contributed by atoms with Gasteiger partial charge in [0, 0.05) is 14.1 Å². The van der Waals surface area contributed by atoms with Crippen LogP contribution in [0.2, 0.25) is 27.3 Å². The number of benzene rings is 2. The van der Waals surface area contributed by atoms with Gasteiger partial charge < -0.3 is 9.80 Å². The average Bonchev–Trinajstić information content (AvgIpc) is 2.51. The molecule has 4 heteroatoms. The fourth-order valence-corrected chi connectivity index (χ4v) is 3.16. The third kappa shape index (κ3) is 2.31. The van der Waals surface area contributed by atoms with Gasteiger partial charge >= 0.3 is 0 Å². The molecule has 0 N–H and O–H groups in total. The Kier molecular flexibility index (Phi) is 3.72. The molecule has 2 aromatic rings. The van der Waals surface area contributed by atoms with E-state index in [0.717, 1.165) is 0 Å². The number of nitrogens with zero attached hydrogens (tertiary/aromatic N) is 2. The van der Waals surface area contributed by atoms with E-state index in [9.17, 15) is 0 Å². The van der Waals surface area contributed by atoms with E-state index in [2.05, 4.69) is 87.6 Å². The molecule has 0 bridgehead atoms. The second-order valence-corrected chi connectivity index (χ2v) is 6.92. The molecule has 0 aliphatic carbocycles. The summed E-state index contributed by atoms with van der Waals surface area (Å²) in [5.74, 6) is 0. The van der Waals surface area contributed by atoms with Crippen LogP contribution in [0.5, 0.6) is 0 Å². The van der Waals surface area contributed by atoms with E-state index in [1.54, 1.807) is 0 Å². The summed E-state index contributed by atoms with van der Waals surface area (Å²) < 4.78 is 0. The molecule has 0 fully saturated rings. The molecule has 0 unspecified atom stereocenters. The maximum atomic E-state index is 2.34. The van der Waals surface area contributed by atoms with Crippen LogP contribution >= 0.6 is 0 Å². The van der Waals surface area contributed by atoms with Gasteiger partial charge in [0.1, 0.15) is 0 Å². The smallest absolute Gasteiger partial charge is 0.169 e. The summed E-state index contributed by atoms with van der Waals surface area (Å²) in [5.41, 5.74) is 7.92. The number of rotatable bonds is 2. The Morgan fingerprint density at radius 2 is 0.955 bits per heavy atom. The predicted octanol–water partition coefficient (Wildman–Crippen LogP) is 3.46. The van der Waals surface area contributed by atoms with E-state index in [1.165, 1.54) is 33.7 Å². The Bertz CT molecular complexity index is 651. The maximum Gasteiger partial charge on any atom is 0.169 e. The zero-order valence-electron chi connectivity index (χ0n) is 14.5. The van der Waals surface area contributed by atoms with Crippen molar-refractivity contribution in [1.82, 2.24) is 0 Å². The van der Waals surface area contributed by atoms with Crippen molar-refractivity contribution in [3.8, 4) is 0 Å². The quantitative estimate of drug-likeness (QED) is 0.781. The van der Waals surface area contributed by atoms with E-state index in [-0.39, 0.29) is 0 Å². The van der Waals surface area contributed by atoms with Gasteiger partial charge in [-0.2, -0.15) is 0 Å². The summed E-state index contributed by atoms with van der Waals surface area (Å²) >= 11 is 0. The Hall–Kier alpha value is -1.83. The van der Waals surface area contributed by atoms with Crippen molar-refractivity contribution >= 4 is 47.1 Å². The van der Waals surface area contributed by atoms with Gasteiger partial charge in [-0.1, -0.05) is 50.4 Å².